The largest absolute Gasteiger partial charge is 0.352 e. The van der Waals surface area contributed by atoms with Gasteiger partial charge in [-0.25, -0.2) is 0 Å². The average molecular weight is 360 g/mol. The van der Waals surface area contributed by atoms with Crippen LogP contribution in [0.25, 0.3) is 0 Å². The van der Waals surface area contributed by atoms with Gasteiger partial charge in [0, 0.05) is 30.0 Å². The molecule has 25 heavy (non-hydrogen) atoms. The molecule has 0 bridgehead atoms. The van der Waals surface area contributed by atoms with Gasteiger partial charge in [-0.2, -0.15) is 0 Å². The quantitative estimate of drug-likeness (QED) is 0.691. The molecule has 6 nitrogen and oxygen atoms in total. The van der Waals surface area contributed by atoms with Gasteiger partial charge in [-0.15, -0.1) is 0 Å². The monoisotopic (exact) mass is 359 g/mol. The first-order chi connectivity index (χ1) is 12.0. The molecule has 3 N–H and O–H groups in total. The Labute approximate surface area is 150 Å². The zero-order valence-corrected chi connectivity index (χ0v) is 14.2. The van der Waals surface area contributed by atoms with Crippen molar-refractivity contribution in [3.05, 3.63) is 70.7 Å². The third kappa shape index (κ3) is 6.64. The third-order valence-electron chi connectivity index (χ3n) is 3.33. The number of hydrazine groups is 1. The standard InChI is InChI=1S/C18H18ClN3O3/c19-15-8-6-14(7-9-15)18(25)22-21-17(24)11-10-16(23)20-12-13-4-2-1-3-5-13/h1-9H,10-12H2,(H,20,23)(H,21,24)(H,22,25). The van der Waals surface area contributed by atoms with Crippen molar-refractivity contribution >= 4 is 29.3 Å². The van der Waals surface area contributed by atoms with Crippen LogP contribution in [0.2, 0.25) is 5.02 Å². The van der Waals surface area contributed by atoms with Crippen LogP contribution in [0, 0.1) is 0 Å². The molecule has 0 aliphatic carbocycles. The number of amides is 3. The Kier molecular flexibility index (Phi) is 6.98. The molecule has 0 aromatic heterocycles. The van der Waals surface area contributed by atoms with Crippen LogP contribution in [0.4, 0.5) is 0 Å². The van der Waals surface area contributed by atoms with Gasteiger partial charge < -0.3 is 5.32 Å². The Hall–Kier alpha value is -2.86. The highest BCUT2D eigenvalue weighted by Crippen LogP contribution is 2.09. The van der Waals surface area contributed by atoms with Crippen molar-refractivity contribution < 1.29 is 14.4 Å². The second-order valence-corrected chi connectivity index (χ2v) is 5.71. The maximum atomic E-state index is 11.8. The molecule has 2 aromatic carbocycles. The number of rotatable bonds is 6. The molecule has 0 radical (unpaired) electrons. The molecule has 7 heteroatoms. The molecule has 0 unspecified atom stereocenters. The predicted molar refractivity (Wildman–Crippen MR) is 94.6 cm³/mol. The van der Waals surface area contributed by atoms with Crippen LogP contribution < -0.4 is 16.2 Å². The number of nitrogens with one attached hydrogen (secondary N) is 3. The maximum Gasteiger partial charge on any atom is 0.269 e. The fraction of sp³-hybridized carbons (Fsp3) is 0.167. The summed E-state index contributed by atoms with van der Waals surface area (Å²) >= 11 is 5.74. The summed E-state index contributed by atoms with van der Waals surface area (Å²) in [7, 11) is 0. The molecule has 2 aromatic rings. The second-order valence-electron chi connectivity index (χ2n) is 5.27. The first kappa shape index (κ1) is 18.5. The van der Waals surface area contributed by atoms with E-state index in [1.54, 1.807) is 24.3 Å². The van der Waals surface area contributed by atoms with Crippen molar-refractivity contribution in [3.8, 4) is 0 Å². The molecule has 0 spiro atoms. The van der Waals surface area contributed by atoms with Gasteiger partial charge in [0.25, 0.3) is 5.91 Å². The van der Waals surface area contributed by atoms with Gasteiger partial charge >= 0.3 is 0 Å². The molecule has 0 saturated heterocycles. The highest BCUT2D eigenvalue weighted by atomic mass is 35.5. The molecule has 3 amide bonds. The van der Waals surface area contributed by atoms with E-state index in [1.165, 1.54) is 0 Å². The Morgan fingerprint density at radius 1 is 0.800 bits per heavy atom. The van der Waals surface area contributed by atoms with E-state index >= 15 is 0 Å². The molecule has 0 fully saturated rings. The van der Waals surface area contributed by atoms with Crippen molar-refractivity contribution in [2.75, 3.05) is 0 Å². The fourth-order valence-electron chi connectivity index (χ4n) is 1.97. The maximum absolute atomic E-state index is 11.8. The summed E-state index contributed by atoms with van der Waals surface area (Å²) in [6, 6.07) is 15.7. The van der Waals surface area contributed by atoms with E-state index in [0.717, 1.165) is 5.56 Å². The van der Waals surface area contributed by atoms with Gasteiger partial charge in [-0.05, 0) is 29.8 Å². The first-order valence-corrected chi connectivity index (χ1v) is 8.08. The van der Waals surface area contributed by atoms with E-state index in [2.05, 4.69) is 16.2 Å². The molecular weight excluding hydrogens is 342 g/mol. The summed E-state index contributed by atoms with van der Waals surface area (Å²) in [6.07, 6.45) is 0.0109. The minimum Gasteiger partial charge on any atom is -0.352 e. The van der Waals surface area contributed by atoms with E-state index in [0.29, 0.717) is 17.1 Å². The van der Waals surface area contributed by atoms with Gasteiger partial charge in [0.1, 0.15) is 0 Å². The minimum absolute atomic E-state index is 0.0263. The zero-order chi connectivity index (χ0) is 18.1. The molecule has 2 rings (SSSR count). The number of benzene rings is 2. The number of carbonyl (C=O) groups is 3. The molecule has 0 atom stereocenters. The smallest absolute Gasteiger partial charge is 0.269 e. The first-order valence-electron chi connectivity index (χ1n) is 7.70. The molecular formula is C18H18ClN3O3. The Bertz CT molecular complexity index is 733. The lowest BCUT2D eigenvalue weighted by Crippen LogP contribution is -2.42. The summed E-state index contributed by atoms with van der Waals surface area (Å²) < 4.78 is 0. The van der Waals surface area contributed by atoms with E-state index in [4.69, 9.17) is 11.6 Å². The molecule has 0 heterocycles. The number of hydrogen-bond donors (Lipinski definition) is 3. The Balaban J connectivity index is 1.65. The minimum atomic E-state index is -0.460. The normalized spacial score (nSPS) is 9.96. The van der Waals surface area contributed by atoms with Crippen molar-refractivity contribution in [2.45, 2.75) is 19.4 Å². The third-order valence-corrected chi connectivity index (χ3v) is 3.59. The highest BCUT2D eigenvalue weighted by Gasteiger charge is 2.09. The number of carbonyl (C=O) groups excluding carboxylic acids is 3. The molecule has 0 aliphatic heterocycles. The summed E-state index contributed by atoms with van der Waals surface area (Å²) in [6.45, 7) is 0.411. The van der Waals surface area contributed by atoms with Crippen molar-refractivity contribution in [3.63, 3.8) is 0 Å². The Morgan fingerprint density at radius 2 is 1.44 bits per heavy atom. The number of halogens is 1. The average Bonchev–Trinajstić information content (AvgIpc) is 2.64. The van der Waals surface area contributed by atoms with Crippen molar-refractivity contribution in [1.29, 1.82) is 0 Å². The fourth-order valence-corrected chi connectivity index (χ4v) is 2.10. The van der Waals surface area contributed by atoms with Crippen molar-refractivity contribution in [2.24, 2.45) is 0 Å². The van der Waals surface area contributed by atoms with Crippen LogP contribution in [0.3, 0.4) is 0 Å². The molecule has 0 aliphatic rings. The van der Waals surface area contributed by atoms with Gasteiger partial charge in [0.05, 0.1) is 0 Å². The van der Waals surface area contributed by atoms with Crippen LogP contribution in [-0.4, -0.2) is 17.7 Å². The molecule has 130 valence electrons. The van der Waals surface area contributed by atoms with Crippen LogP contribution >= 0.6 is 11.6 Å². The van der Waals surface area contributed by atoms with E-state index < -0.39 is 11.8 Å². The van der Waals surface area contributed by atoms with Gasteiger partial charge in [0.15, 0.2) is 0 Å². The predicted octanol–water partition coefficient (Wildman–Crippen LogP) is 2.20. The topological polar surface area (TPSA) is 87.3 Å². The summed E-state index contributed by atoms with van der Waals surface area (Å²) in [5.74, 6) is -1.14. The van der Waals surface area contributed by atoms with Gasteiger partial charge in [0.2, 0.25) is 11.8 Å². The van der Waals surface area contributed by atoms with Crippen LogP contribution in [0.1, 0.15) is 28.8 Å². The lowest BCUT2D eigenvalue weighted by atomic mass is 10.2. The summed E-state index contributed by atoms with van der Waals surface area (Å²) in [4.78, 5) is 35.2. The van der Waals surface area contributed by atoms with Gasteiger partial charge in [-0.3, -0.25) is 25.2 Å². The lowest BCUT2D eigenvalue weighted by Gasteiger charge is -2.08. The molecule has 0 saturated carbocycles. The van der Waals surface area contributed by atoms with E-state index in [1.807, 2.05) is 30.3 Å². The van der Waals surface area contributed by atoms with Crippen LogP contribution in [0.15, 0.2) is 54.6 Å². The van der Waals surface area contributed by atoms with Gasteiger partial charge in [-0.1, -0.05) is 41.9 Å². The SMILES string of the molecule is O=C(CCC(=O)NNC(=O)c1ccc(Cl)cc1)NCc1ccccc1. The number of hydrogen-bond acceptors (Lipinski definition) is 3. The summed E-state index contributed by atoms with van der Waals surface area (Å²) in [5.41, 5.74) is 5.91. The van der Waals surface area contributed by atoms with Crippen LogP contribution in [0.5, 0.6) is 0 Å². The highest BCUT2D eigenvalue weighted by molar-refractivity contribution is 6.30. The second kappa shape index (κ2) is 9.44. The lowest BCUT2D eigenvalue weighted by molar-refractivity contribution is -0.126. The Morgan fingerprint density at radius 3 is 2.12 bits per heavy atom. The van der Waals surface area contributed by atoms with Crippen molar-refractivity contribution in [1.82, 2.24) is 16.2 Å². The van der Waals surface area contributed by atoms with Crippen LogP contribution in [-0.2, 0) is 16.1 Å². The zero-order valence-electron chi connectivity index (χ0n) is 13.4. The van der Waals surface area contributed by atoms with E-state index in [-0.39, 0.29) is 18.7 Å². The van der Waals surface area contributed by atoms with E-state index in [9.17, 15) is 14.4 Å². The summed E-state index contributed by atoms with van der Waals surface area (Å²) in [5, 5.41) is 3.25.